The Morgan fingerprint density at radius 1 is 1.30 bits per heavy atom. The summed E-state index contributed by atoms with van der Waals surface area (Å²) in [5, 5.41) is 20.6. The van der Waals surface area contributed by atoms with Crippen LogP contribution >= 0.6 is 0 Å². The molecular formula is C14H16N2O6S. The molecule has 8 nitrogen and oxygen atoms in total. The van der Waals surface area contributed by atoms with E-state index in [-0.39, 0.29) is 17.3 Å². The Hall–Kier alpha value is -2.23. The van der Waals surface area contributed by atoms with Crippen LogP contribution in [0.4, 0.5) is 5.82 Å². The van der Waals surface area contributed by atoms with Crippen LogP contribution in [0, 0.1) is 17.0 Å². The maximum atomic E-state index is 12.0. The number of aromatic nitrogens is 1. The Morgan fingerprint density at radius 3 is 2.57 bits per heavy atom. The Labute approximate surface area is 133 Å². The van der Waals surface area contributed by atoms with Crippen molar-refractivity contribution in [2.24, 2.45) is 0 Å². The lowest BCUT2D eigenvalue weighted by atomic mass is 10.2. The number of nitro groups is 1. The van der Waals surface area contributed by atoms with Gasteiger partial charge in [-0.2, -0.15) is 8.42 Å². The Bertz CT molecular complexity index is 782. The van der Waals surface area contributed by atoms with E-state index in [4.69, 9.17) is 4.18 Å². The lowest BCUT2D eigenvalue weighted by molar-refractivity contribution is -0.392. The quantitative estimate of drug-likeness (QED) is 0.464. The summed E-state index contributed by atoms with van der Waals surface area (Å²) in [6, 6.07) is 8.85. The van der Waals surface area contributed by atoms with Crippen molar-refractivity contribution in [3.63, 3.8) is 0 Å². The van der Waals surface area contributed by atoms with Crippen molar-refractivity contribution >= 4 is 15.9 Å². The van der Waals surface area contributed by atoms with Crippen LogP contribution < -0.4 is 0 Å². The third-order valence-corrected chi connectivity index (χ3v) is 4.42. The molecule has 0 bridgehead atoms. The van der Waals surface area contributed by atoms with Crippen LogP contribution in [-0.4, -0.2) is 35.7 Å². The summed E-state index contributed by atoms with van der Waals surface area (Å²) < 4.78 is 30.0. The number of nitrogens with zero attached hydrogens (tertiary/aromatic N) is 2. The number of rotatable bonds is 7. The van der Waals surface area contributed by atoms with Gasteiger partial charge in [0, 0.05) is 6.07 Å². The molecule has 0 fully saturated rings. The first-order valence-electron chi connectivity index (χ1n) is 6.73. The van der Waals surface area contributed by atoms with E-state index in [1.165, 1.54) is 35.0 Å². The molecule has 124 valence electrons. The predicted molar refractivity (Wildman–Crippen MR) is 81.4 cm³/mol. The second-order valence-corrected chi connectivity index (χ2v) is 6.60. The maximum Gasteiger partial charge on any atom is 0.323 e. The summed E-state index contributed by atoms with van der Waals surface area (Å²) in [5.41, 5.74) is 0.906. The third kappa shape index (κ3) is 4.38. The number of aryl methyl sites for hydroxylation is 1. The second kappa shape index (κ2) is 6.90. The number of benzene rings is 1. The minimum atomic E-state index is -3.98. The monoisotopic (exact) mass is 340 g/mol. The van der Waals surface area contributed by atoms with Crippen LogP contribution in [0.15, 0.2) is 47.5 Å². The van der Waals surface area contributed by atoms with Crippen LogP contribution in [0.2, 0.25) is 0 Å². The normalized spacial score (nSPS) is 13.0. The van der Waals surface area contributed by atoms with Gasteiger partial charge in [-0.25, -0.2) is 4.57 Å². The van der Waals surface area contributed by atoms with Gasteiger partial charge >= 0.3 is 5.82 Å². The molecule has 0 aliphatic carbocycles. The van der Waals surface area contributed by atoms with E-state index in [0.717, 1.165) is 5.56 Å². The Balaban J connectivity index is 1.98. The summed E-state index contributed by atoms with van der Waals surface area (Å²) in [4.78, 5) is 10.2. The van der Waals surface area contributed by atoms with Gasteiger partial charge in [-0.15, -0.1) is 0 Å². The van der Waals surface area contributed by atoms with Crippen LogP contribution in [0.3, 0.4) is 0 Å². The van der Waals surface area contributed by atoms with Crippen molar-refractivity contribution in [2.45, 2.75) is 24.5 Å². The van der Waals surface area contributed by atoms with E-state index in [0.29, 0.717) is 0 Å². The Morgan fingerprint density at radius 2 is 1.96 bits per heavy atom. The zero-order valence-electron chi connectivity index (χ0n) is 12.3. The zero-order chi connectivity index (χ0) is 17.0. The smallest absolute Gasteiger partial charge is 0.323 e. The third-order valence-electron chi connectivity index (χ3n) is 3.13. The zero-order valence-corrected chi connectivity index (χ0v) is 13.1. The summed E-state index contributed by atoms with van der Waals surface area (Å²) >= 11 is 0. The fourth-order valence-electron chi connectivity index (χ4n) is 1.95. The average Bonchev–Trinajstić information content (AvgIpc) is 2.94. The number of hydrogen-bond donors (Lipinski definition) is 1. The number of aliphatic hydroxyl groups is 1. The minimum Gasteiger partial charge on any atom is -0.387 e. The van der Waals surface area contributed by atoms with Crippen molar-refractivity contribution in [3.05, 3.63) is 58.3 Å². The molecule has 0 spiro atoms. The molecule has 0 radical (unpaired) electrons. The fourth-order valence-corrected chi connectivity index (χ4v) is 2.89. The van der Waals surface area contributed by atoms with Gasteiger partial charge in [0.25, 0.3) is 10.1 Å². The first kappa shape index (κ1) is 17.1. The van der Waals surface area contributed by atoms with E-state index in [1.807, 2.05) is 6.92 Å². The standard InChI is InChI=1S/C14H16N2O6S/c1-11-4-6-13(7-5-11)23(20,21)22-10-12(17)9-15-8-2-3-14(15)16(18)19/h2-8,12,17H,9-10H2,1H3. The van der Waals surface area contributed by atoms with Crippen LogP contribution in [0.1, 0.15) is 5.56 Å². The van der Waals surface area contributed by atoms with Gasteiger partial charge in [-0.1, -0.05) is 17.7 Å². The molecule has 23 heavy (non-hydrogen) atoms. The van der Waals surface area contributed by atoms with Gasteiger partial charge < -0.3 is 15.2 Å². The number of aliphatic hydroxyl groups excluding tert-OH is 1. The maximum absolute atomic E-state index is 12.0. The van der Waals surface area contributed by atoms with Crippen LogP contribution in [-0.2, 0) is 20.8 Å². The lowest BCUT2D eigenvalue weighted by Crippen LogP contribution is -2.24. The summed E-state index contributed by atoms with van der Waals surface area (Å²) in [6.07, 6.45) is 0.219. The molecule has 0 saturated heterocycles. The average molecular weight is 340 g/mol. The van der Waals surface area contributed by atoms with Gasteiger partial charge in [0.2, 0.25) is 0 Å². The SMILES string of the molecule is Cc1ccc(S(=O)(=O)OCC(O)Cn2cccc2[N+](=O)[O-])cc1. The highest BCUT2D eigenvalue weighted by Crippen LogP contribution is 2.15. The first-order chi connectivity index (χ1) is 10.8. The van der Waals surface area contributed by atoms with Crippen molar-refractivity contribution < 1.29 is 22.6 Å². The highest BCUT2D eigenvalue weighted by Gasteiger charge is 2.20. The molecule has 0 saturated carbocycles. The van der Waals surface area contributed by atoms with E-state index < -0.39 is 27.8 Å². The molecule has 1 heterocycles. The molecule has 1 atom stereocenters. The van der Waals surface area contributed by atoms with Gasteiger partial charge in [0.1, 0.15) is 12.6 Å². The van der Waals surface area contributed by atoms with Crippen LogP contribution in [0.25, 0.3) is 0 Å². The Kier molecular flexibility index (Phi) is 5.14. The van der Waals surface area contributed by atoms with Crippen molar-refractivity contribution in [1.82, 2.24) is 4.57 Å². The predicted octanol–water partition coefficient (Wildman–Crippen LogP) is 1.47. The van der Waals surface area contributed by atoms with E-state index in [2.05, 4.69) is 0 Å². The number of hydrogen-bond acceptors (Lipinski definition) is 6. The summed E-state index contributed by atoms with van der Waals surface area (Å²) in [7, 11) is -3.98. The van der Waals surface area contributed by atoms with Crippen molar-refractivity contribution in [1.29, 1.82) is 0 Å². The summed E-state index contributed by atoms with van der Waals surface area (Å²) in [5.74, 6) is -0.189. The van der Waals surface area contributed by atoms with Gasteiger partial charge in [-0.3, -0.25) is 4.18 Å². The van der Waals surface area contributed by atoms with Crippen molar-refractivity contribution in [2.75, 3.05) is 6.61 Å². The lowest BCUT2D eigenvalue weighted by Gasteiger charge is -2.11. The second-order valence-electron chi connectivity index (χ2n) is 4.98. The van der Waals surface area contributed by atoms with Gasteiger partial charge in [0.05, 0.1) is 17.7 Å². The fraction of sp³-hybridized carbons (Fsp3) is 0.286. The molecule has 0 aliphatic rings. The molecule has 1 aromatic heterocycles. The van der Waals surface area contributed by atoms with Crippen molar-refractivity contribution in [3.8, 4) is 0 Å². The van der Waals surface area contributed by atoms with Crippen LogP contribution in [0.5, 0.6) is 0 Å². The summed E-state index contributed by atoms with van der Waals surface area (Å²) in [6.45, 7) is 1.18. The topological polar surface area (TPSA) is 112 Å². The van der Waals surface area contributed by atoms with E-state index >= 15 is 0 Å². The highest BCUT2D eigenvalue weighted by atomic mass is 32.2. The first-order valence-corrected chi connectivity index (χ1v) is 8.14. The molecular weight excluding hydrogens is 324 g/mol. The molecule has 1 aromatic carbocycles. The van der Waals surface area contributed by atoms with Gasteiger partial charge in [-0.05, 0) is 30.0 Å². The van der Waals surface area contributed by atoms with Gasteiger partial charge in [0.15, 0.2) is 0 Å². The van der Waals surface area contributed by atoms with E-state index in [1.54, 1.807) is 12.1 Å². The largest absolute Gasteiger partial charge is 0.387 e. The highest BCUT2D eigenvalue weighted by molar-refractivity contribution is 7.86. The molecule has 1 N–H and O–H groups in total. The molecule has 0 aliphatic heterocycles. The molecule has 9 heteroatoms. The minimum absolute atomic E-state index is 0.0118. The molecule has 1 unspecified atom stereocenters. The molecule has 0 amide bonds. The van der Waals surface area contributed by atoms with E-state index in [9.17, 15) is 23.6 Å². The molecule has 2 aromatic rings. The molecule has 2 rings (SSSR count).